The van der Waals surface area contributed by atoms with Gasteiger partial charge in [0.2, 0.25) is 0 Å². The van der Waals surface area contributed by atoms with Crippen LogP contribution in [0.15, 0.2) is 30.5 Å². The predicted octanol–water partition coefficient (Wildman–Crippen LogP) is 2.68. The van der Waals surface area contributed by atoms with E-state index in [0.717, 1.165) is 17.9 Å². The lowest BCUT2D eigenvalue weighted by atomic mass is 10.0. The van der Waals surface area contributed by atoms with Gasteiger partial charge in [0.15, 0.2) is 5.82 Å². The number of carbonyl (C=O) groups excluding carboxylic acids is 1. The Morgan fingerprint density at radius 1 is 1.46 bits per heavy atom. The smallest absolute Gasteiger partial charge is 0.254 e. The Bertz CT molecular complexity index is 783. The minimum Gasteiger partial charge on any atom is -0.365 e. The second-order valence-corrected chi connectivity index (χ2v) is 6.68. The van der Waals surface area contributed by atoms with E-state index in [0.29, 0.717) is 11.5 Å². The summed E-state index contributed by atoms with van der Waals surface area (Å²) in [7, 11) is 0. The molecule has 1 unspecified atom stereocenters. The minimum atomic E-state index is -0.607. The van der Waals surface area contributed by atoms with Crippen molar-refractivity contribution < 1.29 is 9.18 Å². The number of nitriles is 1. The quantitative estimate of drug-likeness (QED) is 0.888. The molecule has 1 aromatic carbocycles. The van der Waals surface area contributed by atoms with Crippen molar-refractivity contribution in [3.63, 3.8) is 0 Å². The number of anilines is 2. The lowest BCUT2D eigenvalue weighted by molar-refractivity contribution is 0.100. The molecule has 2 heterocycles. The maximum absolute atomic E-state index is 13.0. The van der Waals surface area contributed by atoms with Crippen molar-refractivity contribution in [2.45, 2.75) is 12.5 Å². The van der Waals surface area contributed by atoms with Crippen LogP contribution in [0, 0.1) is 23.1 Å². The molecule has 0 bridgehead atoms. The topological polar surface area (TPSA) is 96.7 Å². The van der Waals surface area contributed by atoms with E-state index < -0.39 is 5.91 Å². The van der Waals surface area contributed by atoms with E-state index in [9.17, 15) is 14.4 Å². The van der Waals surface area contributed by atoms with Crippen molar-refractivity contribution in [3.8, 4) is 6.07 Å². The van der Waals surface area contributed by atoms with Gasteiger partial charge in [-0.2, -0.15) is 22.1 Å². The third kappa shape index (κ3) is 3.36. The summed E-state index contributed by atoms with van der Waals surface area (Å²) < 4.78 is 14.7. The first-order chi connectivity index (χ1) is 11.6. The second kappa shape index (κ2) is 6.93. The summed E-state index contributed by atoms with van der Waals surface area (Å²) in [6.45, 7) is 0. The summed E-state index contributed by atoms with van der Waals surface area (Å²) in [5.41, 5.74) is 6.28. The molecule has 1 aliphatic heterocycles. The molecule has 8 heteroatoms. The maximum Gasteiger partial charge on any atom is 0.254 e. The van der Waals surface area contributed by atoms with Gasteiger partial charge in [-0.15, -0.1) is 0 Å². The number of aromatic nitrogens is 2. The highest BCUT2D eigenvalue weighted by Crippen LogP contribution is 2.33. The van der Waals surface area contributed by atoms with Crippen molar-refractivity contribution in [1.29, 1.82) is 5.26 Å². The van der Waals surface area contributed by atoms with Gasteiger partial charge in [-0.3, -0.25) is 9.48 Å². The highest BCUT2D eigenvalue weighted by atomic mass is 32.2. The number of nitrogens with zero attached hydrogens (tertiary/aromatic N) is 3. The summed E-state index contributed by atoms with van der Waals surface area (Å²) in [6, 6.07) is 7.95. The summed E-state index contributed by atoms with van der Waals surface area (Å²) >= 11 is 1.74. The first kappa shape index (κ1) is 16.3. The van der Waals surface area contributed by atoms with Crippen molar-refractivity contribution in [3.05, 3.63) is 41.8 Å². The predicted molar refractivity (Wildman–Crippen MR) is 90.5 cm³/mol. The van der Waals surface area contributed by atoms with E-state index in [4.69, 9.17) is 5.73 Å². The molecule has 2 aromatic rings. The summed E-state index contributed by atoms with van der Waals surface area (Å²) in [4.78, 5) is 11.7. The Balaban J connectivity index is 1.91. The monoisotopic (exact) mass is 345 g/mol. The average Bonchev–Trinajstić information content (AvgIpc) is 3.01. The van der Waals surface area contributed by atoms with Crippen molar-refractivity contribution >= 4 is 29.2 Å². The number of halogens is 1. The standard InChI is InChI=1S/C16H16FN5OS/c17-11-1-3-12(4-2-11)20-16-13(15(19)23)8-22(21-16)14-5-6-24-9-10(14)7-18/h1-4,8,10,14H,5-6,9H2,(H2,19,23)(H,20,21)/t10?,14-/m1/s1. The van der Waals surface area contributed by atoms with Crippen LogP contribution >= 0.6 is 11.8 Å². The van der Waals surface area contributed by atoms with E-state index in [1.807, 2.05) is 0 Å². The first-order valence-electron chi connectivity index (χ1n) is 7.47. The normalized spacial score (nSPS) is 20.3. The molecule has 1 aliphatic rings. The third-order valence-corrected chi connectivity index (χ3v) is 5.05. The lowest BCUT2D eigenvalue weighted by Crippen LogP contribution is -2.25. The van der Waals surface area contributed by atoms with Crippen LogP contribution in [0.5, 0.6) is 0 Å². The van der Waals surface area contributed by atoms with Gasteiger partial charge in [-0.05, 0) is 36.4 Å². The van der Waals surface area contributed by atoms with E-state index in [1.165, 1.54) is 12.1 Å². The lowest BCUT2D eigenvalue weighted by Gasteiger charge is -2.26. The first-order valence-corrected chi connectivity index (χ1v) is 8.63. The molecular weight excluding hydrogens is 329 g/mol. The van der Waals surface area contributed by atoms with E-state index >= 15 is 0 Å². The number of rotatable bonds is 4. The van der Waals surface area contributed by atoms with Gasteiger partial charge < -0.3 is 11.1 Å². The van der Waals surface area contributed by atoms with Crippen LogP contribution < -0.4 is 11.1 Å². The van der Waals surface area contributed by atoms with Crippen LogP contribution in [0.4, 0.5) is 15.9 Å². The number of benzene rings is 1. The van der Waals surface area contributed by atoms with Crippen LogP contribution in [0.3, 0.4) is 0 Å². The van der Waals surface area contributed by atoms with Gasteiger partial charge in [0.05, 0.1) is 18.0 Å². The van der Waals surface area contributed by atoms with Crippen molar-refractivity contribution in [2.75, 3.05) is 16.8 Å². The summed E-state index contributed by atoms with van der Waals surface area (Å²) in [6.07, 6.45) is 2.39. The molecule has 1 amide bonds. The minimum absolute atomic E-state index is 0.0851. The number of carbonyl (C=O) groups is 1. The molecule has 1 fully saturated rings. The molecule has 0 saturated carbocycles. The number of thioether (sulfide) groups is 1. The van der Waals surface area contributed by atoms with Crippen LogP contribution in [0.1, 0.15) is 22.8 Å². The molecule has 3 N–H and O–H groups in total. The maximum atomic E-state index is 13.0. The fourth-order valence-corrected chi connectivity index (χ4v) is 3.80. The van der Waals surface area contributed by atoms with Crippen molar-refractivity contribution in [1.82, 2.24) is 9.78 Å². The summed E-state index contributed by atoms with van der Waals surface area (Å²) in [5, 5.41) is 16.7. The van der Waals surface area contributed by atoms with E-state index in [2.05, 4.69) is 16.5 Å². The van der Waals surface area contributed by atoms with Gasteiger partial charge in [-0.25, -0.2) is 4.39 Å². The molecule has 3 rings (SSSR count). The fraction of sp³-hybridized carbons (Fsp3) is 0.312. The number of nitrogens with one attached hydrogen (secondary N) is 1. The average molecular weight is 345 g/mol. The molecule has 1 aromatic heterocycles. The number of hydrogen-bond donors (Lipinski definition) is 2. The number of hydrogen-bond acceptors (Lipinski definition) is 5. The Morgan fingerprint density at radius 3 is 2.88 bits per heavy atom. The molecule has 2 atom stereocenters. The van der Waals surface area contributed by atoms with Crippen LogP contribution in [-0.4, -0.2) is 27.2 Å². The zero-order valence-electron chi connectivity index (χ0n) is 12.8. The number of nitrogens with two attached hydrogens (primary N) is 1. The second-order valence-electron chi connectivity index (χ2n) is 5.53. The Hall–Kier alpha value is -2.53. The SMILES string of the molecule is N#CC1CSCC[C@H]1n1cc(C(N)=O)c(Nc2ccc(F)cc2)n1. The highest BCUT2D eigenvalue weighted by Gasteiger charge is 2.29. The molecular formula is C16H16FN5OS. The molecule has 0 spiro atoms. The Morgan fingerprint density at radius 2 is 2.21 bits per heavy atom. The molecule has 24 heavy (non-hydrogen) atoms. The third-order valence-electron chi connectivity index (χ3n) is 3.93. The van der Waals surface area contributed by atoms with Gasteiger partial charge in [0.1, 0.15) is 11.4 Å². The van der Waals surface area contributed by atoms with Crippen LogP contribution in [0.2, 0.25) is 0 Å². The summed E-state index contributed by atoms with van der Waals surface area (Å²) in [5.74, 6) is 0.873. The van der Waals surface area contributed by atoms with Crippen LogP contribution in [-0.2, 0) is 0 Å². The fourth-order valence-electron chi connectivity index (χ4n) is 2.67. The number of amides is 1. The van der Waals surface area contributed by atoms with Gasteiger partial charge in [0.25, 0.3) is 5.91 Å². The molecule has 124 valence electrons. The molecule has 1 saturated heterocycles. The van der Waals surface area contributed by atoms with Gasteiger partial charge >= 0.3 is 0 Å². The van der Waals surface area contributed by atoms with Gasteiger partial charge in [0, 0.05) is 17.6 Å². The molecule has 6 nitrogen and oxygen atoms in total. The van der Waals surface area contributed by atoms with Crippen molar-refractivity contribution in [2.24, 2.45) is 11.7 Å². The number of primary amides is 1. The van der Waals surface area contributed by atoms with Crippen LogP contribution in [0.25, 0.3) is 0 Å². The van der Waals surface area contributed by atoms with E-state index in [-0.39, 0.29) is 23.3 Å². The highest BCUT2D eigenvalue weighted by molar-refractivity contribution is 7.99. The zero-order chi connectivity index (χ0) is 17.1. The Labute approximate surface area is 142 Å². The largest absolute Gasteiger partial charge is 0.365 e. The zero-order valence-corrected chi connectivity index (χ0v) is 13.6. The van der Waals surface area contributed by atoms with Gasteiger partial charge in [-0.1, -0.05) is 0 Å². The molecule has 0 aliphatic carbocycles. The van der Waals surface area contributed by atoms with E-state index in [1.54, 1.807) is 34.8 Å². The molecule has 0 radical (unpaired) electrons. The Kier molecular flexibility index (Phi) is 4.71.